The van der Waals surface area contributed by atoms with E-state index in [1.54, 1.807) is 44.7 Å². The van der Waals surface area contributed by atoms with Crippen molar-refractivity contribution < 1.29 is 19.1 Å². The molecule has 0 spiro atoms. The highest BCUT2D eigenvalue weighted by atomic mass is 16.6. The van der Waals surface area contributed by atoms with Crippen LogP contribution in [0.15, 0.2) is 42.5 Å². The zero-order chi connectivity index (χ0) is 29.9. The third-order valence-corrected chi connectivity index (χ3v) is 6.59. The van der Waals surface area contributed by atoms with E-state index in [-0.39, 0.29) is 5.91 Å². The van der Waals surface area contributed by atoms with Crippen molar-refractivity contribution in [2.45, 2.75) is 98.3 Å². The van der Waals surface area contributed by atoms with Crippen LogP contribution in [0.2, 0.25) is 0 Å². The van der Waals surface area contributed by atoms with E-state index in [1.165, 1.54) is 0 Å². The number of carbonyl (C=O) groups excluding carboxylic acids is 3. The first-order valence-corrected chi connectivity index (χ1v) is 14.1. The number of ether oxygens (including phenoxy) is 1. The Morgan fingerprint density at radius 3 is 2.20 bits per heavy atom. The Kier molecular flexibility index (Phi) is 12.3. The number of nitrogens with one attached hydrogen (secondary N) is 2. The average molecular weight is 548 g/mol. The van der Waals surface area contributed by atoms with E-state index in [9.17, 15) is 14.4 Å². The highest BCUT2D eigenvalue weighted by Gasteiger charge is 2.36. The third kappa shape index (κ3) is 9.44. The minimum Gasteiger partial charge on any atom is -0.444 e. The number of para-hydroxylation sites is 1. The van der Waals surface area contributed by atoms with Crippen molar-refractivity contribution in [3.8, 4) is 12.3 Å². The lowest BCUT2D eigenvalue weighted by Crippen LogP contribution is -2.51. The number of carbonyl (C=O) groups is 3. The highest BCUT2D eigenvalue weighted by molar-refractivity contribution is 6.00. The van der Waals surface area contributed by atoms with Gasteiger partial charge in [-0.2, -0.15) is 0 Å². The smallest absolute Gasteiger partial charge is 0.408 e. The predicted molar refractivity (Wildman–Crippen MR) is 161 cm³/mol. The van der Waals surface area contributed by atoms with Crippen LogP contribution >= 0.6 is 0 Å². The lowest BCUT2D eigenvalue weighted by molar-refractivity contribution is -0.140. The Labute approximate surface area is 240 Å². The summed E-state index contributed by atoms with van der Waals surface area (Å²) >= 11 is 0. The SMILES string of the molecule is C#Cc1ccccc1C(C(=O)Nc1c(C)cccc1C)N(CCCCCCC)C(=O)C(C)NC(=O)OC(C)(C)C. The largest absolute Gasteiger partial charge is 0.444 e. The van der Waals surface area contributed by atoms with Crippen LogP contribution in [-0.2, 0) is 14.3 Å². The van der Waals surface area contributed by atoms with Gasteiger partial charge in [0, 0.05) is 17.8 Å². The van der Waals surface area contributed by atoms with Crippen LogP contribution in [0.1, 0.15) is 95.0 Å². The fourth-order valence-electron chi connectivity index (χ4n) is 4.57. The van der Waals surface area contributed by atoms with Gasteiger partial charge in [-0.25, -0.2) is 4.79 Å². The molecule has 7 heteroatoms. The molecule has 2 atom stereocenters. The average Bonchev–Trinajstić information content (AvgIpc) is 2.88. The van der Waals surface area contributed by atoms with Crippen molar-refractivity contribution in [1.82, 2.24) is 10.2 Å². The number of benzene rings is 2. The number of hydrogen-bond donors (Lipinski definition) is 2. The third-order valence-electron chi connectivity index (χ3n) is 6.59. The van der Waals surface area contributed by atoms with E-state index in [0.29, 0.717) is 29.8 Å². The molecule has 0 saturated heterocycles. The fraction of sp³-hybridized carbons (Fsp3) is 0.485. The van der Waals surface area contributed by atoms with Crippen LogP contribution < -0.4 is 10.6 Å². The maximum absolute atomic E-state index is 14.1. The van der Waals surface area contributed by atoms with Gasteiger partial charge in [0.1, 0.15) is 17.7 Å². The van der Waals surface area contributed by atoms with Crippen LogP contribution in [0.25, 0.3) is 0 Å². The molecule has 0 aliphatic carbocycles. The van der Waals surface area contributed by atoms with Crippen LogP contribution in [0.3, 0.4) is 0 Å². The van der Waals surface area contributed by atoms with Gasteiger partial charge in [-0.05, 0) is 70.7 Å². The second-order valence-electron chi connectivity index (χ2n) is 11.2. The Hall–Kier alpha value is -3.79. The highest BCUT2D eigenvalue weighted by Crippen LogP contribution is 2.29. The number of unbranched alkanes of at least 4 members (excludes halogenated alkanes) is 4. The van der Waals surface area contributed by atoms with Gasteiger partial charge in [0.25, 0.3) is 5.91 Å². The van der Waals surface area contributed by atoms with Gasteiger partial charge < -0.3 is 20.3 Å². The Bertz CT molecular complexity index is 1190. The van der Waals surface area contributed by atoms with Gasteiger partial charge in [0.2, 0.25) is 5.91 Å². The van der Waals surface area contributed by atoms with Crippen LogP contribution in [-0.4, -0.2) is 41.0 Å². The monoisotopic (exact) mass is 547 g/mol. The minimum absolute atomic E-state index is 0.326. The van der Waals surface area contributed by atoms with Gasteiger partial charge in [0.05, 0.1) is 0 Å². The molecule has 0 bridgehead atoms. The molecule has 0 aliphatic rings. The zero-order valence-electron chi connectivity index (χ0n) is 25.1. The normalized spacial score (nSPS) is 12.6. The van der Waals surface area contributed by atoms with Crippen LogP contribution in [0, 0.1) is 26.2 Å². The predicted octanol–water partition coefficient (Wildman–Crippen LogP) is 6.68. The summed E-state index contributed by atoms with van der Waals surface area (Å²) in [7, 11) is 0. The van der Waals surface area contributed by atoms with Gasteiger partial charge >= 0.3 is 6.09 Å². The summed E-state index contributed by atoms with van der Waals surface area (Å²) in [6.07, 6.45) is 9.99. The number of rotatable bonds is 12. The first-order valence-electron chi connectivity index (χ1n) is 14.1. The lowest BCUT2D eigenvalue weighted by Gasteiger charge is -2.34. The standard InChI is InChI=1S/C33H45N3O4/c1-9-11-12-13-16-22-36(31(38)25(5)34-32(39)40-33(6,7)8)29(27-21-15-14-20-26(27)10-2)30(37)35-28-23(3)18-17-19-24(28)4/h2,14-15,17-21,25,29H,9,11-13,16,22H2,1,3-8H3,(H,34,39)(H,35,37). The summed E-state index contributed by atoms with van der Waals surface area (Å²) in [5.41, 5.74) is 2.89. The molecule has 3 amide bonds. The number of amides is 3. The van der Waals surface area contributed by atoms with Crippen LogP contribution in [0.4, 0.5) is 10.5 Å². The lowest BCUT2D eigenvalue weighted by atomic mass is 9.96. The molecule has 2 aromatic carbocycles. The number of hydrogen-bond acceptors (Lipinski definition) is 4. The maximum atomic E-state index is 14.1. The van der Waals surface area contributed by atoms with Crippen molar-refractivity contribution in [1.29, 1.82) is 0 Å². The van der Waals surface area contributed by atoms with E-state index in [4.69, 9.17) is 11.2 Å². The molecule has 0 saturated carbocycles. The quantitative estimate of drug-likeness (QED) is 0.229. The number of terminal acetylenes is 1. The molecule has 7 nitrogen and oxygen atoms in total. The van der Waals surface area contributed by atoms with E-state index in [2.05, 4.69) is 23.5 Å². The zero-order valence-corrected chi connectivity index (χ0v) is 25.1. The number of alkyl carbamates (subject to hydrolysis) is 1. The molecule has 0 fully saturated rings. The summed E-state index contributed by atoms with van der Waals surface area (Å²) in [4.78, 5) is 42.2. The molecule has 0 heterocycles. The topological polar surface area (TPSA) is 87.7 Å². The molecular weight excluding hydrogens is 502 g/mol. The summed E-state index contributed by atoms with van der Waals surface area (Å²) < 4.78 is 5.37. The molecule has 0 aliphatic heterocycles. The van der Waals surface area contributed by atoms with E-state index < -0.39 is 29.7 Å². The van der Waals surface area contributed by atoms with Crippen molar-refractivity contribution in [2.24, 2.45) is 0 Å². The summed E-state index contributed by atoms with van der Waals surface area (Å²) in [6, 6.07) is 11.0. The van der Waals surface area contributed by atoms with Crippen molar-refractivity contribution in [3.63, 3.8) is 0 Å². The van der Waals surface area contributed by atoms with E-state index >= 15 is 0 Å². The molecule has 2 rings (SSSR count). The molecule has 2 aromatic rings. The number of anilines is 1. The van der Waals surface area contributed by atoms with Crippen molar-refractivity contribution in [3.05, 3.63) is 64.7 Å². The second-order valence-corrected chi connectivity index (χ2v) is 11.2. The maximum Gasteiger partial charge on any atom is 0.408 e. The molecule has 40 heavy (non-hydrogen) atoms. The first-order chi connectivity index (χ1) is 18.9. The molecule has 216 valence electrons. The van der Waals surface area contributed by atoms with Gasteiger partial charge in [-0.15, -0.1) is 6.42 Å². The van der Waals surface area contributed by atoms with Crippen molar-refractivity contribution >= 4 is 23.6 Å². The molecule has 0 aromatic heterocycles. The Morgan fingerprint density at radius 1 is 0.975 bits per heavy atom. The fourth-order valence-corrected chi connectivity index (χ4v) is 4.57. The minimum atomic E-state index is -1.01. The van der Waals surface area contributed by atoms with Gasteiger partial charge in [0.15, 0.2) is 0 Å². The van der Waals surface area contributed by atoms with Gasteiger partial charge in [-0.3, -0.25) is 9.59 Å². The molecule has 0 radical (unpaired) electrons. The Balaban J connectivity index is 2.53. The first kappa shape index (κ1) is 32.4. The molecule has 2 N–H and O–H groups in total. The second kappa shape index (κ2) is 15.1. The van der Waals surface area contributed by atoms with Crippen molar-refractivity contribution in [2.75, 3.05) is 11.9 Å². The van der Waals surface area contributed by atoms with E-state index in [0.717, 1.165) is 36.8 Å². The van der Waals surface area contributed by atoms with Crippen LogP contribution in [0.5, 0.6) is 0 Å². The van der Waals surface area contributed by atoms with E-state index in [1.807, 2.05) is 44.2 Å². The summed E-state index contributed by atoms with van der Waals surface area (Å²) in [5.74, 6) is 1.91. The number of aryl methyl sites for hydroxylation is 2. The van der Waals surface area contributed by atoms with Gasteiger partial charge in [-0.1, -0.05) is 74.9 Å². The summed E-state index contributed by atoms with van der Waals surface area (Å²) in [6.45, 7) is 13.2. The number of nitrogens with zero attached hydrogens (tertiary/aromatic N) is 1. The summed E-state index contributed by atoms with van der Waals surface area (Å²) in [5, 5.41) is 5.72. The molecular formula is C33H45N3O4. The molecule has 2 unspecified atom stereocenters. The Morgan fingerprint density at radius 2 is 1.60 bits per heavy atom.